The van der Waals surface area contributed by atoms with Gasteiger partial charge in [0.05, 0.1) is 23.9 Å². The first-order valence-corrected chi connectivity index (χ1v) is 7.64. The second-order valence-corrected chi connectivity index (χ2v) is 5.69. The van der Waals surface area contributed by atoms with Crippen LogP contribution in [0.3, 0.4) is 0 Å². The van der Waals surface area contributed by atoms with Gasteiger partial charge in [0.1, 0.15) is 11.6 Å². The van der Waals surface area contributed by atoms with Crippen LogP contribution in [0.4, 0.5) is 8.78 Å². The van der Waals surface area contributed by atoms with Crippen molar-refractivity contribution in [1.29, 1.82) is 0 Å². The molecule has 6 nitrogen and oxygen atoms in total. The Balaban J connectivity index is 2.22. The molecule has 0 unspecified atom stereocenters. The number of rotatable bonds is 5. The van der Waals surface area contributed by atoms with Gasteiger partial charge in [-0.25, -0.2) is 18.4 Å². The standard InChI is InChI=1S/C18H17F2NO5/c1-8-14(18(24)25-4)9(2)21-15(8)16(22)10(3)26-17(23)11-5-12(19)7-13(20)6-11/h5-7,10,21H,1-4H3/t10-/m0/s1. The number of methoxy groups -OCH3 is 1. The van der Waals surface area contributed by atoms with Crippen LogP contribution in [0.2, 0.25) is 0 Å². The zero-order valence-electron chi connectivity index (χ0n) is 14.6. The molecule has 0 spiro atoms. The molecule has 0 aliphatic heterocycles. The first-order chi connectivity index (χ1) is 12.1. The highest BCUT2D eigenvalue weighted by molar-refractivity contribution is 6.04. The Morgan fingerprint density at radius 3 is 2.15 bits per heavy atom. The normalized spacial score (nSPS) is 11.8. The van der Waals surface area contributed by atoms with E-state index < -0.39 is 35.5 Å². The van der Waals surface area contributed by atoms with E-state index in [2.05, 4.69) is 9.72 Å². The van der Waals surface area contributed by atoms with Gasteiger partial charge in [-0.1, -0.05) is 0 Å². The van der Waals surface area contributed by atoms with Crippen molar-refractivity contribution in [3.63, 3.8) is 0 Å². The highest BCUT2D eigenvalue weighted by Crippen LogP contribution is 2.21. The van der Waals surface area contributed by atoms with Gasteiger partial charge in [0.15, 0.2) is 6.10 Å². The van der Waals surface area contributed by atoms with Crippen LogP contribution in [0.15, 0.2) is 18.2 Å². The summed E-state index contributed by atoms with van der Waals surface area (Å²) in [5, 5.41) is 0. The smallest absolute Gasteiger partial charge is 0.339 e. The van der Waals surface area contributed by atoms with Crippen molar-refractivity contribution in [3.05, 3.63) is 57.9 Å². The third-order valence-corrected chi connectivity index (χ3v) is 3.82. The van der Waals surface area contributed by atoms with Crippen molar-refractivity contribution >= 4 is 17.7 Å². The second kappa shape index (κ2) is 7.47. The summed E-state index contributed by atoms with van der Waals surface area (Å²) >= 11 is 0. The number of carbonyl (C=O) groups excluding carboxylic acids is 3. The van der Waals surface area contributed by atoms with Crippen molar-refractivity contribution in [2.75, 3.05) is 7.11 Å². The molecule has 0 saturated heterocycles. The van der Waals surface area contributed by atoms with Crippen LogP contribution in [0.1, 0.15) is 49.4 Å². The first-order valence-electron chi connectivity index (χ1n) is 7.64. The summed E-state index contributed by atoms with van der Waals surface area (Å²) in [6.07, 6.45) is -1.24. The molecule has 2 aromatic rings. The Bertz CT molecular complexity index is 868. The third kappa shape index (κ3) is 3.79. The minimum absolute atomic E-state index is 0.0913. The minimum Gasteiger partial charge on any atom is -0.465 e. The van der Waals surface area contributed by atoms with E-state index in [0.29, 0.717) is 17.3 Å². The lowest BCUT2D eigenvalue weighted by Gasteiger charge is -2.12. The fraction of sp³-hybridized carbons (Fsp3) is 0.278. The summed E-state index contributed by atoms with van der Waals surface area (Å²) in [5.41, 5.74) is 0.759. The summed E-state index contributed by atoms with van der Waals surface area (Å²) in [6.45, 7) is 4.48. The molecule has 138 valence electrons. The number of aromatic nitrogens is 1. The topological polar surface area (TPSA) is 85.5 Å². The van der Waals surface area contributed by atoms with Gasteiger partial charge in [-0.05, 0) is 38.5 Å². The minimum atomic E-state index is -1.24. The van der Waals surface area contributed by atoms with Gasteiger partial charge in [-0.2, -0.15) is 0 Å². The fourth-order valence-corrected chi connectivity index (χ4v) is 2.56. The molecule has 1 atom stereocenters. The molecule has 26 heavy (non-hydrogen) atoms. The molecule has 1 N–H and O–H groups in total. The highest BCUT2D eigenvalue weighted by Gasteiger charge is 2.27. The van der Waals surface area contributed by atoms with Crippen molar-refractivity contribution < 1.29 is 32.6 Å². The number of ketones is 1. The van der Waals surface area contributed by atoms with E-state index in [1.54, 1.807) is 13.8 Å². The molecule has 2 rings (SSSR count). The van der Waals surface area contributed by atoms with E-state index in [0.717, 1.165) is 12.1 Å². The van der Waals surface area contributed by atoms with E-state index in [9.17, 15) is 23.2 Å². The summed E-state index contributed by atoms with van der Waals surface area (Å²) in [6, 6.07) is 2.23. The van der Waals surface area contributed by atoms with Gasteiger partial charge in [0.2, 0.25) is 5.78 Å². The first kappa shape index (κ1) is 19.3. The zero-order chi connectivity index (χ0) is 19.6. The van der Waals surface area contributed by atoms with Crippen LogP contribution in [0, 0.1) is 25.5 Å². The van der Waals surface area contributed by atoms with Crippen LogP contribution in [-0.2, 0) is 9.47 Å². The average molecular weight is 365 g/mol. The summed E-state index contributed by atoms with van der Waals surface area (Å²) < 4.78 is 36.1. The highest BCUT2D eigenvalue weighted by atomic mass is 19.1. The Labute approximate surface area is 148 Å². The van der Waals surface area contributed by atoms with E-state index in [1.165, 1.54) is 14.0 Å². The van der Waals surface area contributed by atoms with Crippen molar-refractivity contribution in [3.8, 4) is 0 Å². The second-order valence-electron chi connectivity index (χ2n) is 5.69. The Morgan fingerprint density at radius 1 is 1.04 bits per heavy atom. The molecule has 8 heteroatoms. The van der Waals surface area contributed by atoms with Crippen LogP contribution >= 0.6 is 0 Å². The van der Waals surface area contributed by atoms with Crippen molar-refractivity contribution in [1.82, 2.24) is 4.98 Å². The zero-order valence-corrected chi connectivity index (χ0v) is 14.6. The van der Waals surface area contributed by atoms with Gasteiger partial charge in [-0.3, -0.25) is 4.79 Å². The maximum absolute atomic E-state index is 13.2. The number of carbonyl (C=O) groups is 3. The van der Waals surface area contributed by atoms with Crippen molar-refractivity contribution in [2.45, 2.75) is 26.9 Å². The summed E-state index contributed by atoms with van der Waals surface area (Å²) in [4.78, 5) is 39.1. The molecule has 0 aliphatic carbocycles. The van der Waals surface area contributed by atoms with Gasteiger partial charge in [-0.15, -0.1) is 0 Å². The monoisotopic (exact) mass is 365 g/mol. The Hall–Kier alpha value is -3.03. The number of esters is 2. The van der Waals surface area contributed by atoms with Gasteiger partial charge >= 0.3 is 11.9 Å². The molecule has 1 aromatic heterocycles. The molecule has 1 heterocycles. The number of benzene rings is 1. The lowest BCUT2D eigenvalue weighted by molar-refractivity contribution is 0.0316. The molecule has 0 aliphatic rings. The number of nitrogens with one attached hydrogen (secondary N) is 1. The number of Topliss-reactive ketones (excluding diaryl/α,β-unsaturated/α-hetero) is 1. The van der Waals surface area contributed by atoms with Crippen molar-refractivity contribution in [2.24, 2.45) is 0 Å². The number of aromatic amines is 1. The molecule has 1 aromatic carbocycles. The predicted octanol–water partition coefficient (Wildman–Crippen LogP) is 3.12. The average Bonchev–Trinajstić information content (AvgIpc) is 2.87. The fourth-order valence-electron chi connectivity index (χ4n) is 2.56. The molecular weight excluding hydrogens is 348 g/mol. The third-order valence-electron chi connectivity index (χ3n) is 3.82. The van der Waals surface area contributed by atoms with Gasteiger partial charge < -0.3 is 14.5 Å². The largest absolute Gasteiger partial charge is 0.465 e. The predicted molar refractivity (Wildman–Crippen MR) is 87.2 cm³/mol. The number of aryl methyl sites for hydroxylation is 1. The molecule has 0 radical (unpaired) electrons. The molecule has 0 saturated carbocycles. The SMILES string of the molecule is COC(=O)c1c(C)[nH]c(C(=O)[C@H](C)OC(=O)c2cc(F)cc(F)c2)c1C. The molecule has 0 fully saturated rings. The van der Waals surface area contributed by atoms with Crippen LogP contribution < -0.4 is 0 Å². The number of ether oxygens (including phenoxy) is 2. The lowest BCUT2D eigenvalue weighted by atomic mass is 10.1. The van der Waals surface area contributed by atoms with E-state index in [-0.39, 0.29) is 16.8 Å². The summed E-state index contributed by atoms with van der Waals surface area (Å²) in [7, 11) is 1.22. The Kier molecular flexibility index (Phi) is 5.54. The number of halogens is 2. The maximum atomic E-state index is 13.2. The summed E-state index contributed by atoms with van der Waals surface area (Å²) in [5.74, 6) is -4.11. The molecule has 0 bridgehead atoms. The molecular formula is C18H17F2NO5. The van der Waals surface area contributed by atoms with Gasteiger partial charge in [0, 0.05) is 11.8 Å². The quantitative estimate of drug-likeness (QED) is 0.650. The Morgan fingerprint density at radius 2 is 1.62 bits per heavy atom. The van der Waals surface area contributed by atoms with Crippen LogP contribution in [0.5, 0.6) is 0 Å². The lowest BCUT2D eigenvalue weighted by Crippen LogP contribution is -2.25. The maximum Gasteiger partial charge on any atom is 0.339 e. The molecule has 0 amide bonds. The van der Waals surface area contributed by atoms with Gasteiger partial charge in [0.25, 0.3) is 0 Å². The van der Waals surface area contributed by atoms with Crippen LogP contribution in [-0.4, -0.2) is 35.9 Å². The number of H-pyrrole nitrogens is 1. The van der Waals surface area contributed by atoms with E-state index >= 15 is 0 Å². The van der Waals surface area contributed by atoms with Crippen LogP contribution in [0.25, 0.3) is 0 Å². The number of hydrogen-bond acceptors (Lipinski definition) is 5. The van der Waals surface area contributed by atoms with E-state index in [4.69, 9.17) is 4.74 Å². The van der Waals surface area contributed by atoms with E-state index in [1.807, 2.05) is 0 Å². The number of hydrogen-bond donors (Lipinski definition) is 1.